The number of nitrogens with one attached hydrogen (secondary N) is 1. The molecule has 1 fully saturated rings. The first-order valence-electron chi connectivity index (χ1n) is 10.0. The summed E-state index contributed by atoms with van der Waals surface area (Å²) >= 11 is 0. The van der Waals surface area contributed by atoms with Gasteiger partial charge in [0.1, 0.15) is 29.5 Å². The van der Waals surface area contributed by atoms with E-state index in [-0.39, 0.29) is 56.2 Å². The third-order valence-electron chi connectivity index (χ3n) is 5.80. The number of benzene rings is 2. The summed E-state index contributed by atoms with van der Waals surface area (Å²) in [5.74, 6) is -2.59. The summed E-state index contributed by atoms with van der Waals surface area (Å²) in [6.07, 6.45) is 0.754. The van der Waals surface area contributed by atoms with Gasteiger partial charge in [0, 0.05) is 25.1 Å². The molecule has 2 aromatic rings. The standard InChI is InChI=1S/C21H20F3N3O5/c22-14-2-3-17(13-1-4-18(28)25-19(13)14)32-11-21(29)5-7-26(8-6-21)20-15(23)9-12(27(30)31)10-16(20)24/h2-3,9-10,29H,1,4-8,11H2,(H,25,28). The number of hydrogen-bond donors (Lipinski definition) is 2. The molecule has 0 spiro atoms. The quantitative estimate of drug-likeness (QED) is 0.534. The van der Waals surface area contributed by atoms with Crippen molar-refractivity contribution in [1.82, 2.24) is 0 Å². The minimum absolute atomic E-state index is 0.0738. The van der Waals surface area contributed by atoms with E-state index in [4.69, 9.17) is 4.74 Å². The zero-order valence-electron chi connectivity index (χ0n) is 16.9. The van der Waals surface area contributed by atoms with Crippen LogP contribution in [0.15, 0.2) is 24.3 Å². The van der Waals surface area contributed by atoms with Crippen molar-refractivity contribution in [2.45, 2.75) is 31.3 Å². The van der Waals surface area contributed by atoms with Crippen LogP contribution in [0.5, 0.6) is 5.75 Å². The fourth-order valence-corrected chi connectivity index (χ4v) is 4.02. The molecule has 8 nitrogen and oxygen atoms in total. The second-order valence-electron chi connectivity index (χ2n) is 7.96. The Kier molecular flexibility index (Phi) is 5.68. The number of amides is 1. The molecule has 2 aliphatic rings. The minimum Gasteiger partial charge on any atom is -0.490 e. The number of anilines is 2. The fourth-order valence-electron chi connectivity index (χ4n) is 4.02. The van der Waals surface area contributed by atoms with Crippen LogP contribution in [0.3, 0.4) is 0 Å². The number of aliphatic hydroxyl groups is 1. The first kappa shape index (κ1) is 21.9. The summed E-state index contributed by atoms with van der Waals surface area (Å²) in [5.41, 5.74) is -1.75. The van der Waals surface area contributed by atoms with Gasteiger partial charge in [-0.1, -0.05) is 0 Å². The molecular weight excluding hydrogens is 431 g/mol. The Morgan fingerprint density at radius 2 is 1.78 bits per heavy atom. The van der Waals surface area contributed by atoms with Gasteiger partial charge >= 0.3 is 0 Å². The van der Waals surface area contributed by atoms with Crippen LogP contribution in [-0.2, 0) is 11.2 Å². The number of hydrogen-bond acceptors (Lipinski definition) is 6. The summed E-state index contributed by atoms with van der Waals surface area (Å²) in [5, 5.41) is 24.1. The molecule has 170 valence electrons. The molecule has 0 unspecified atom stereocenters. The minimum atomic E-state index is -1.29. The number of ether oxygens (including phenoxy) is 1. The van der Waals surface area contributed by atoms with Crippen molar-refractivity contribution in [2.75, 3.05) is 29.9 Å². The number of nitro groups is 1. The van der Waals surface area contributed by atoms with Gasteiger partial charge in [-0.05, 0) is 31.4 Å². The Bertz CT molecular complexity index is 1060. The lowest BCUT2D eigenvalue weighted by molar-refractivity contribution is -0.385. The van der Waals surface area contributed by atoms with Crippen LogP contribution in [0.4, 0.5) is 30.2 Å². The molecule has 1 saturated heterocycles. The zero-order chi connectivity index (χ0) is 23.0. The van der Waals surface area contributed by atoms with Crippen molar-refractivity contribution in [3.8, 4) is 5.75 Å². The molecule has 11 heteroatoms. The molecule has 2 aliphatic heterocycles. The van der Waals surface area contributed by atoms with Crippen molar-refractivity contribution < 1.29 is 32.7 Å². The van der Waals surface area contributed by atoms with Crippen LogP contribution in [0.25, 0.3) is 0 Å². The summed E-state index contributed by atoms with van der Waals surface area (Å²) in [4.78, 5) is 22.8. The average molecular weight is 451 g/mol. The van der Waals surface area contributed by atoms with E-state index in [0.717, 1.165) is 0 Å². The molecule has 0 saturated carbocycles. The van der Waals surface area contributed by atoms with E-state index in [0.29, 0.717) is 29.9 Å². The molecule has 0 bridgehead atoms. The van der Waals surface area contributed by atoms with Crippen molar-refractivity contribution in [3.05, 3.63) is 57.4 Å². The number of nitrogens with zero attached hydrogens (tertiary/aromatic N) is 2. The summed E-state index contributed by atoms with van der Waals surface area (Å²) < 4.78 is 48.4. The lowest BCUT2D eigenvalue weighted by Gasteiger charge is -2.39. The van der Waals surface area contributed by atoms with E-state index in [1.165, 1.54) is 17.0 Å². The van der Waals surface area contributed by atoms with Gasteiger partial charge < -0.3 is 20.1 Å². The number of carbonyl (C=O) groups excluding carboxylic acids is 1. The van der Waals surface area contributed by atoms with E-state index in [2.05, 4.69) is 5.32 Å². The molecule has 0 atom stereocenters. The van der Waals surface area contributed by atoms with Gasteiger partial charge in [0.2, 0.25) is 5.91 Å². The Morgan fingerprint density at radius 3 is 2.41 bits per heavy atom. The summed E-state index contributed by atoms with van der Waals surface area (Å²) in [7, 11) is 0. The second kappa shape index (κ2) is 8.30. The van der Waals surface area contributed by atoms with E-state index in [1.54, 1.807) is 0 Å². The Balaban J connectivity index is 1.43. The SMILES string of the molecule is O=C1CCc2c(OCC3(O)CCN(c4c(F)cc([N+](=O)[O-])cc4F)CC3)ccc(F)c2N1. The highest BCUT2D eigenvalue weighted by molar-refractivity contribution is 5.94. The number of halogens is 3. The Hall–Kier alpha value is -3.34. The molecule has 0 aliphatic carbocycles. The van der Waals surface area contributed by atoms with Crippen LogP contribution in [0.2, 0.25) is 0 Å². The lowest BCUT2D eigenvalue weighted by atomic mass is 9.91. The van der Waals surface area contributed by atoms with Gasteiger partial charge in [-0.25, -0.2) is 13.2 Å². The predicted molar refractivity (Wildman–Crippen MR) is 108 cm³/mol. The van der Waals surface area contributed by atoms with Gasteiger partial charge in [0.25, 0.3) is 5.69 Å². The summed E-state index contributed by atoms with van der Waals surface area (Å²) in [6, 6.07) is 3.94. The highest BCUT2D eigenvalue weighted by Crippen LogP contribution is 2.36. The number of non-ortho nitro benzene ring substituents is 1. The van der Waals surface area contributed by atoms with Gasteiger partial charge in [-0.2, -0.15) is 0 Å². The van der Waals surface area contributed by atoms with Crippen molar-refractivity contribution in [3.63, 3.8) is 0 Å². The van der Waals surface area contributed by atoms with Crippen molar-refractivity contribution in [2.24, 2.45) is 0 Å². The topological polar surface area (TPSA) is 105 Å². The number of piperidine rings is 1. The van der Waals surface area contributed by atoms with Gasteiger partial charge in [0.05, 0.1) is 22.7 Å². The molecule has 0 radical (unpaired) electrons. The fraction of sp³-hybridized carbons (Fsp3) is 0.381. The van der Waals surface area contributed by atoms with Crippen LogP contribution in [0, 0.1) is 27.6 Å². The highest BCUT2D eigenvalue weighted by Gasteiger charge is 2.36. The zero-order valence-corrected chi connectivity index (χ0v) is 16.9. The van der Waals surface area contributed by atoms with Crippen molar-refractivity contribution >= 4 is 23.0 Å². The van der Waals surface area contributed by atoms with E-state index in [1.807, 2.05) is 0 Å². The number of fused-ring (bicyclic) bond motifs is 1. The maximum Gasteiger partial charge on any atom is 0.275 e. The first-order valence-corrected chi connectivity index (χ1v) is 10.0. The Labute approximate surface area is 180 Å². The third kappa shape index (κ3) is 4.20. The smallest absolute Gasteiger partial charge is 0.275 e. The van der Waals surface area contributed by atoms with Gasteiger partial charge in [0.15, 0.2) is 11.6 Å². The second-order valence-corrected chi connectivity index (χ2v) is 7.96. The van der Waals surface area contributed by atoms with Crippen LogP contribution in [-0.4, -0.2) is 41.2 Å². The largest absolute Gasteiger partial charge is 0.490 e. The van der Waals surface area contributed by atoms with Crippen LogP contribution < -0.4 is 15.0 Å². The maximum atomic E-state index is 14.3. The number of rotatable bonds is 5. The predicted octanol–water partition coefficient (Wildman–Crippen LogP) is 3.31. The van der Waals surface area contributed by atoms with Gasteiger partial charge in [-0.3, -0.25) is 14.9 Å². The normalized spacial score (nSPS) is 17.5. The highest BCUT2D eigenvalue weighted by atomic mass is 19.1. The molecule has 2 heterocycles. The van der Waals surface area contributed by atoms with E-state index >= 15 is 0 Å². The van der Waals surface area contributed by atoms with E-state index in [9.17, 15) is 33.2 Å². The number of carbonyl (C=O) groups is 1. The average Bonchev–Trinajstić information content (AvgIpc) is 2.74. The Morgan fingerprint density at radius 1 is 1.12 bits per heavy atom. The molecule has 32 heavy (non-hydrogen) atoms. The molecule has 2 N–H and O–H groups in total. The first-order chi connectivity index (χ1) is 15.2. The van der Waals surface area contributed by atoms with Gasteiger partial charge in [-0.15, -0.1) is 0 Å². The number of nitro benzene ring substituents is 1. The molecule has 2 aromatic carbocycles. The molecular formula is C21H20F3N3O5. The maximum absolute atomic E-state index is 14.3. The van der Waals surface area contributed by atoms with Crippen LogP contribution >= 0.6 is 0 Å². The van der Waals surface area contributed by atoms with E-state index < -0.39 is 33.7 Å². The lowest BCUT2D eigenvalue weighted by Crippen LogP contribution is -2.48. The monoisotopic (exact) mass is 451 g/mol. The molecule has 1 amide bonds. The third-order valence-corrected chi connectivity index (χ3v) is 5.80. The molecule has 0 aromatic heterocycles. The summed E-state index contributed by atoms with van der Waals surface area (Å²) in [6.45, 7) is 0.0737. The van der Waals surface area contributed by atoms with Crippen molar-refractivity contribution in [1.29, 1.82) is 0 Å². The molecule has 4 rings (SSSR count). The van der Waals surface area contributed by atoms with Crippen LogP contribution in [0.1, 0.15) is 24.8 Å².